The number of hydrogen-bond donors (Lipinski definition) is 0. The van der Waals surface area contributed by atoms with Gasteiger partial charge in [0.05, 0.1) is 11.1 Å². The van der Waals surface area contributed by atoms with Gasteiger partial charge in [0.25, 0.3) is 0 Å². The van der Waals surface area contributed by atoms with Gasteiger partial charge in [-0.05, 0) is 0 Å². The van der Waals surface area contributed by atoms with Gasteiger partial charge in [-0.1, -0.05) is 48.5 Å². The molecule has 0 radical (unpaired) electrons. The van der Waals surface area contributed by atoms with E-state index >= 15 is 0 Å². The Kier molecular flexibility index (Phi) is 2.80. The highest BCUT2D eigenvalue weighted by Crippen LogP contribution is 2.40. The van der Waals surface area contributed by atoms with Crippen LogP contribution in [0.2, 0.25) is 0 Å². The van der Waals surface area contributed by atoms with Crippen molar-refractivity contribution in [2.75, 3.05) is 0 Å². The predicted octanol–water partition coefficient (Wildman–Crippen LogP) is 3.07. The SMILES string of the molecule is O=C1C2=C(OC3=C(C2)C(=O)c2ccccc2C3=O)C(=O)c2ccccc21. The molecule has 1 heterocycles. The number of Topliss-reactive ketones (excluding diaryl/α,β-unsaturated/α-hetero) is 4. The number of carbonyl (C=O) groups excluding carboxylic acids is 4. The molecular formula is C21H10O5. The number of fused-ring (bicyclic) bond motifs is 2. The van der Waals surface area contributed by atoms with E-state index in [2.05, 4.69) is 0 Å². The summed E-state index contributed by atoms with van der Waals surface area (Å²) < 4.78 is 5.59. The molecule has 0 N–H and O–H groups in total. The summed E-state index contributed by atoms with van der Waals surface area (Å²) in [4.78, 5) is 51.1. The monoisotopic (exact) mass is 342 g/mol. The average molecular weight is 342 g/mol. The van der Waals surface area contributed by atoms with Gasteiger partial charge in [-0.25, -0.2) is 0 Å². The quantitative estimate of drug-likeness (QED) is 0.735. The third-order valence-electron chi connectivity index (χ3n) is 4.90. The van der Waals surface area contributed by atoms with Crippen LogP contribution in [0.3, 0.4) is 0 Å². The van der Waals surface area contributed by atoms with Gasteiger partial charge in [-0.15, -0.1) is 0 Å². The van der Waals surface area contributed by atoms with Crippen molar-refractivity contribution in [1.29, 1.82) is 0 Å². The van der Waals surface area contributed by atoms with Crippen molar-refractivity contribution in [3.8, 4) is 0 Å². The normalized spacial score (nSPS) is 18.2. The molecule has 1 aliphatic heterocycles. The zero-order chi connectivity index (χ0) is 18.0. The van der Waals surface area contributed by atoms with Crippen molar-refractivity contribution in [2.24, 2.45) is 0 Å². The first kappa shape index (κ1) is 14.7. The zero-order valence-electron chi connectivity index (χ0n) is 13.4. The molecule has 0 saturated heterocycles. The van der Waals surface area contributed by atoms with Crippen LogP contribution in [0.4, 0.5) is 0 Å². The number of rotatable bonds is 0. The maximum absolute atomic E-state index is 12.8. The van der Waals surface area contributed by atoms with Gasteiger partial charge in [0.1, 0.15) is 0 Å². The Morgan fingerprint density at radius 2 is 0.885 bits per heavy atom. The highest BCUT2D eigenvalue weighted by atomic mass is 16.5. The lowest BCUT2D eigenvalue weighted by atomic mass is 9.79. The lowest BCUT2D eigenvalue weighted by Crippen LogP contribution is -2.32. The lowest BCUT2D eigenvalue weighted by Gasteiger charge is -2.29. The summed E-state index contributed by atoms with van der Waals surface area (Å²) in [7, 11) is 0. The smallest absolute Gasteiger partial charge is 0.229 e. The first-order valence-electron chi connectivity index (χ1n) is 8.09. The van der Waals surface area contributed by atoms with Crippen molar-refractivity contribution in [2.45, 2.75) is 6.42 Å². The molecule has 2 aromatic carbocycles. The Labute approximate surface area is 147 Å². The number of ketones is 4. The summed E-state index contributed by atoms with van der Waals surface area (Å²) in [5.74, 6) is -1.87. The van der Waals surface area contributed by atoms with E-state index in [-0.39, 0.29) is 51.8 Å². The maximum atomic E-state index is 12.8. The van der Waals surface area contributed by atoms with Crippen LogP contribution in [-0.2, 0) is 4.74 Å². The van der Waals surface area contributed by atoms with Crippen LogP contribution in [0.5, 0.6) is 0 Å². The molecule has 0 fully saturated rings. The Bertz CT molecular complexity index is 969. The van der Waals surface area contributed by atoms with Gasteiger partial charge in [0.2, 0.25) is 11.6 Å². The molecule has 0 atom stereocenters. The molecule has 124 valence electrons. The summed E-state index contributed by atoms with van der Waals surface area (Å²) in [6.07, 6.45) is -0.0809. The fourth-order valence-corrected chi connectivity index (χ4v) is 3.62. The minimum Gasteiger partial charge on any atom is -0.448 e. The van der Waals surface area contributed by atoms with Gasteiger partial charge in [-0.3, -0.25) is 19.2 Å². The Morgan fingerprint density at radius 3 is 1.27 bits per heavy atom. The van der Waals surface area contributed by atoms with E-state index in [1.807, 2.05) is 0 Å². The van der Waals surface area contributed by atoms with E-state index in [4.69, 9.17) is 4.74 Å². The minimum absolute atomic E-state index is 0.0809. The number of carbonyl (C=O) groups is 4. The number of benzene rings is 2. The second kappa shape index (κ2) is 4.95. The van der Waals surface area contributed by atoms with Crippen molar-refractivity contribution < 1.29 is 23.9 Å². The zero-order valence-corrected chi connectivity index (χ0v) is 13.4. The topological polar surface area (TPSA) is 77.5 Å². The second-order valence-electron chi connectivity index (χ2n) is 6.30. The fraction of sp³-hybridized carbons (Fsp3) is 0.0476. The van der Waals surface area contributed by atoms with Gasteiger partial charge in [0, 0.05) is 28.7 Å². The van der Waals surface area contributed by atoms with Gasteiger partial charge in [-0.2, -0.15) is 0 Å². The molecule has 0 bridgehead atoms. The molecule has 0 saturated carbocycles. The molecule has 26 heavy (non-hydrogen) atoms. The van der Waals surface area contributed by atoms with E-state index in [0.29, 0.717) is 11.1 Å². The minimum atomic E-state index is -0.444. The van der Waals surface area contributed by atoms with Crippen LogP contribution in [0.15, 0.2) is 71.2 Å². The van der Waals surface area contributed by atoms with Crippen LogP contribution in [-0.4, -0.2) is 23.1 Å². The first-order chi connectivity index (χ1) is 12.6. The summed E-state index contributed by atoms with van der Waals surface area (Å²) in [5, 5.41) is 0. The first-order valence-corrected chi connectivity index (χ1v) is 8.09. The molecule has 3 aliphatic rings. The molecular weight excluding hydrogens is 332 g/mol. The van der Waals surface area contributed by atoms with Crippen LogP contribution in [0.1, 0.15) is 47.9 Å². The van der Waals surface area contributed by atoms with Crippen molar-refractivity contribution in [1.82, 2.24) is 0 Å². The maximum Gasteiger partial charge on any atom is 0.229 e. The average Bonchev–Trinajstić information content (AvgIpc) is 2.69. The third-order valence-corrected chi connectivity index (χ3v) is 4.90. The predicted molar refractivity (Wildman–Crippen MR) is 90.0 cm³/mol. The summed E-state index contributed by atoms with van der Waals surface area (Å²) >= 11 is 0. The lowest BCUT2D eigenvalue weighted by molar-refractivity contribution is 0.0828. The van der Waals surface area contributed by atoms with Crippen LogP contribution >= 0.6 is 0 Å². The standard InChI is InChI=1S/C21H10O5/c22-16-10-5-1-3-7-12(10)18(24)20-14(16)9-15-17(23)11-6-2-4-8-13(11)19(25)21(15)26-20/h1-8H,9H2. The van der Waals surface area contributed by atoms with Crippen LogP contribution < -0.4 is 0 Å². The molecule has 2 aromatic rings. The van der Waals surface area contributed by atoms with Crippen LogP contribution in [0.25, 0.3) is 0 Å². The molecule has 5 nitrogen and oxygen atoms in total. The summed E-state index contributed by atoms with van der Waals surface area (Å²) in [6.45, 7) is 0. The van der Waals surface area contributed by atoms with Gasteiger partial charge < -0.3 is 4.74 Å². The van der Waals surface area contributed by atoms with Gasteiger partial charge >= 0.3 is 0 Å². The highest BCUT2D eigenvalue weighted by Gasteiger charge is 2.43. The van der Waals surface area contributed by atoms with E-state index in [9.17, 15) is 19.2 Å². The molecule has 5 rings (SSSR count). The van der Waals surface area contributed by atoms with Crippen molar-refractivity contribution in [3.63, 3.8) is 0 Å². The molecule has 0 spiro atoms. The van der Waals surface area contributed by atoms with Gasteiger partial charge in [0.15, 0.2) is 23.1 Å². The Morgan fingerprint density at radius 1 is 0.538 bits per heavy atom. The molecule has 5 heteroatoms. The highest BCUT2D eigenvalue weighted by molar-refractivity contribution is 6.31. The van der Waals surface area contributed by atoms with Crippen molar-refractivity contribution in [3.05, 3.63) is 93.4 Å². The van der Waals surface area contributed by atoms with Crippen LogP contribution in [0, 0.1) is 0 Å². The third kappa shape index (κ3) is 1.74. The Balaban J connectivity index is 1.65. The Hall–Kier alpha value is -3.60. The summed E-state index contributed by atoms with van der Waals surface area (Å²) in [5.41, 5.74) is 1.34. The fourth-order valence-electron chi connectivity index (χ4n) is 3.62. The van der Waals surface area contributed by atoms with E-state index in [1.54, 1.807) is 48.5 Å². The largest absolute Gasteiger partial charge is 0.448 e. The van der Waals surface area contributed by atoms with Crippen molar-refractivity contribution >= 4 is 23.1 Å². The number of allylic oxidation sites excluding steroid dienone is 4. The summed E-state index contributed by atoms with van der Waals surface area (Å²) in [6, 6.07) is 12.9. The molecule has 2 aliphatic carbocycles. The second-order valence-corrected chi connectivity index (χ2v) is 6.30. The van der Waals surface area contributed by atoms with E-state index < -0.39 is 11.6 Å². The number of hydrogen-bond acceptors (Lipinski definition) is 5. The molecule has 0 aromatic heterocycles. The van der Waals surface area contributed by atoms with E-state index in [1.165, 1.54) is 0 Å². The molecule has 0 amide bonds. The molecule has 0 unspecified atom stereocenters. The number of ether oxygens (including phenoxy) is 1. The van der Waals surface area contributed by atoms with E-state index in [0.717, 1.165) is 0 Å².